The highest BCUT2D eigenvalue weighted by atomic mass is 32.2. The molecule has 0 aliphatic rings. The minimum atomic E-state index is -4.85. The summed E-state index contributed by atoms with van der Waals surface area (Å²) in [6, 6.07) is 0. The number of rotatable bonds is 2. The average molecular weight is 166 g/mol. The summed E-state index contributed by atoms with van der Waals surface area (Å²) < 4.78 is 18.1. The Kier molecular flexibility index (Phi) is 2.12. The Balaban J connectivity index is 4.82. The standard InChI is InChI=1S/CH2N4O4S/c2-1-4(3)10(8,9)5(6)7/h3H2. The number of nitrogens with two attached hydrogens (primary N) is 1. The molecular weight excluding hydrogens is 164 g/mol. The lowest BCUT2D eigenvalue weighted by Gasteiger charge is -1.98. The van der Waals surface area contributed by atoms with Crippen LogP contribution in [0.25, 0.3) is 0 Å². The summed E-state index contributed by atoms with van der Waals surface area (Å²) in [6.07, 6.45) is 0.868. The van der Waals surface area contributed by atoms with E-state index in [0.29, 0.717) is 0 Å². The van der Waals surface area contributed by atoms with Crippen molar-refractivity contribution in [2.75, 3.05) is 0 Å². The topological polar surface area (TPSA) is 130 Å². The zero-order chi connectivity index (χ0) is 8.36. The van der Waals surface area contributed by atoms with Crippen LogP contribution in [0.3, 0.4) is 0 Å². The van der Waals surface area contributed by atoms with Gasteiger partial charge in [-0.2, -0.15) is 5.26 Å². The van der Waals surface area contributed by atoms with Crippen molar-refractivity contribution in [1.82, 2.24) is 4.41 Å². The van der Waals surface area contributed by atoms with Gasteiger partial charge in [0, 0.05) is 0 Å². The van der Waals surface area contributed by atoms with Crippen LogP contribution < -0.4 is 5.84 Å². The molecule has 9 heteroatoms. The van der Waals surface area contributed by atoms with Crippen LogP contribution in [0.15, 0.2) is 0 Å². The summed E-state index contributed by atoms with van der Waals surface area (Å²) >= 11 is 0. The molecule has 0 spiro atoms. The molecule has 0 fully saturated rings. The SMILES string of the molecule is N#CN(N)S(=O)(=O)[N+](=O)[O-]. The van der Waals surface area contributed by atoms with Crippen molar-refractivity contribution in [3.05, 3.63) is 10.1 Å². The lowest BCUT2D eigenvalue weighted by Crippen LogP contribution is -2.37. The van der Waals surface area contributed by atoms with Crippen LogP contribution in [0.5, 0.6) is 0 Å². The molecule has 56 valence electrons. The normalized spacial score (nSPS) is 10.0. The van der Waals surface area contributed by atoms with Crippen LogP contribution in [0.2, 0.25) is 0 Å². The molecular formula is CH2N4O4S. The van der Waals surface area contributed by atoms with Crippen LogP contribution >= 0.6 is 0 Å². The van der Waals surface area contributed by atoms with E-state index in [0.717, 1.165) is 6.19 Å². The van der Waals surface area contributed by atoms with Gasteiger partial charge in [-0.25, -0.2) is 16.0 Å². The van der Waals surface area contributed by atoms with Gasteiger partial charge in [0.25, 0.3) is 0 Å². The maximum Gasteiger partial charge on any atom is 0.547 e. The number of nitro groups is 1. The molecule has 8 nitrogen and oxygen atoms in total. The van der Waals surface area contributed by atoms with Crippen molar-refractivity contribution < 1.29 is 12.7 Å². The van der Waals surface area contributed by atoms with E-state index < -0.39 is 19.0 Å². The van der Waals surface area contributed by atoms with E-state index in [1.807, 2.05) is 0 Å². The molecule has 0 unspecified atom stereocenters. The summed E-state index contributed by atoms with van der Waals surface area (Å²) in [5.74, 6) is 4.39. The predicted octanol–water partition coefficient (Wildman–Crippen LogP) is -1.84. The zero-order valence-corrected chi connectivity index (χ0v) is 5.28. The molecule has 0 heterocycles. The average Bonchev–Trinajstić information content (AvgIpc) is 1.86. The van der Waals surface area contributed by atoms with Crippen molar-refractivity contribution >= 4 is 10.2 Å². The molecule has 0 atom stereocenters. The van der Waals surface area contributed by atoms with E-state index in [2.05, 4.69) is 5.84 Å². The molecule has 0 rings (SSSR count). The Labute approximate surface area is 55.8 Å². The molecule has 0 bridgehead atoms. The van der Waals surface area contributed by atoms with Gasteiger partial charge >= 0.3 is 10.2 Å². The van der Waals surface area contributed by atoms with Crippen LogP contribution in [0, 0.1) is 21.6 Å². The molecule has 0 saturated carbocycles. The van der Waals surface area contributed by atoms with Gasteiger partial charge in [-0.1, -0.05) is 4.41 Å². The molecule has 0 radical (unpaired) electrons. The van der Waals surface area contributed by atoms with Gasteiger partial charge in [-0.05, 0) is 0 Å². The molecule has 0 aromatic carbocycles. The van der Waals surface area contributed by atoms with Gasteiger partial charge in [0.1, 0.15) is 0 Å². The Morgan fingerprint density at radius 3 is 2.20 bits per heavy atom. The molecule has 10 heavy (non-hydrogen) atoms. The maximum atomic E-state index is 10.1. The molecule has 2 N–H and O–H groups in total. The van der Waals surface area contributed by atoms with E-state index in [9.17, 15) is 18.5 Å². The smallest absolute Gasteiger partial charge is 0.245 e. The predicted molar refractivity (Wildman–Crippen MR) is 27.6 cm³/mol. The molecule has 0 aromatic heterocycles. The van der Waals surface area contributed by atoms with Gasteiger partial charge < -0.3 is 0 Å². The second-order valence-electron chi connectivity index (χ2n) is 1.10. The number of nitriles is 1. The first-order valence-corrected chi connectivity index (χ1v) is 3.17. The van der Waals surface area contributed by atoms with Crippen molar-refractivity contribution in [2.24, 2.45) is 5.84 Å². The molecule has 0 amide bonds. The van der Waals surface area contributed by atoms with Crippen molar-refractivity contribution in [3.63, 3.8) is 0 Å². The summed E-state index contributed by atoms with van der Waals surface area (Å²) in [7, 11) is -4.85. The lowest BCUT2D eigenvalue weighted by molar-refractivity contribution is -0.311. The van der Waals surface area contributed by atoms with Crippen molar-refractivity contribution in [3.8, 4) is 6.19 Å². The molecule has 0 aliphatic heterocycles. The Bertz CT molecular complexity index is 272. The number of nitrogens with zero attached hydrogens (tertiary/aromatic N) is 3. The fourth-order valence-electron chi connectivity index (χ4n) is 0.123. The second-order valence-corrected chi connectivity index (χ2v) is 2.68. The fourth-order valence-corrected chi connectivity index (χ4v) is 0.370. The van der Waals surface area contributed by atoms with E-state index in [4.69, 9.17) is 5.26 Å². The third-order valence-electron chi connectivity index (χ3n) is 0.536. The van der Waals surface area contributed by atoms with Gasteiger partial charge in [-0.15, -0.1) is 8.42 Å². The first-order chi connectivity index (χ1) is 4.42. The van der Waals surface area contributed by atoms with Crippen LogP contribution in [0.1, 0.15) is 0 Å². The summed E-state index contributed by atoms with van der Waals surface area (Å²) in [5, 5.41) is 17.4. The van der Waals surface area contributed by atoms with Crippen molar-refractivity contribution in [1.29, 1.82) is 5.26 Å². The van der Waals surface area contributed by atoms with E-state index in [-0.39, 0.29) is 0 Å². The van der Waals surface area contributed by atoms with Crippen molar-refractivity contribution in [2.45, 2.75) is 0 Å². The first kappa shape index (κ1) is 8.60. The largest absolute Gasteiger partial charge is 0.547 e. The third-order valence-corrected chi connectivity index (χ3v) is 1.49. The molecule has 0 saturated heterocycles. The highest BCUT2D eigenvalue weighted by Gasteiger charge is 2.30. The van der Waals surface area contributed by atoms with E-state index in [1.165, 1.54) is 0 Å². The molecule has 0 aliphatic carbocycles. The Morgan fingerprint density at radius 1 is 1.70 bits per heavy atom. The maximum absolute atomic E-state index is 10.1. The lowest BCUT2D eigenvalue weighted by atomic mass is 11.4. The molecule has 0 aromatic rings. The monoisotopic (exact) mass is 166 g/mol. The summed E-state index contributed by atoms with van der Waals surface area (Å²) in [4.78, 5) is 9.57. The van der Waals surface area contributed by atoms with Crippen LogP contribution in [0.4, 0.5) is 0 Å². The summed E-state index contributed by atoms with van der Waals surface area (Å²) in [5.41, 5.74) is 0. The minimum Gasteiger partial charge on any atom is -0.245 e. The Hall–Kier alpha value is -1.40. The van der Waals surface area contributed by atoms with E-state index >= 15 is 0 Å². The number of hydrazine groups is 1. The zero-order valence-electron chi connectivity index (χ0n) is 4.46. The third kappa shape index (κ3) is 1.30. The van der Waals surface area contributed by atoms with Gasteiger partial charge in [0.15, 0.2) is 4.33 Å². The highest BCUT2D eigenvalue weighted by Crippen LogP contribution is 1.91. The second kappa shape index (κ2) is 2.46. The number of hydrogen-bond acceptors (Lipinski definition) is 6. The minimum absolute atomic E-state index is 0.535. The van der Waals surface area contributed by atoms with Crippen LogP contribution in [-0.2, 0) is 10.2 Å². The first-order valence-electron chi connectivity index (χ1n) is 1.77. The quantitative estimate of drug-likeness (QED) is 0.169. The Morgan fingerprint density at radius 2 is 2.10 bits per heavy atom. The van der Waals surface area contributed by atoms with E-state index in [1.54, 1.807) is 0 Å². The van der Waals surface area contributed by atoms with Crippen LogP contribution in [-0.4, -0.2) is 17.2 Å². The summed E-state index contributed by atoms with van der Waals surface area (Å²) in [6.45, 7) is 0. The number of hydrogen-bond donors (Lipinski definition) is 1. The van der Waals surface area contributed by atoms with Gasteiger partial charge in [0.05, 0.1) is 0 Å². The highest BCUT2D eigenvalue weighted by molar-refractivity contribution is 7.83. The fraction of sp³-hybridized carbons (Fsp3) is 0. The van der Waals surface area contributed by atoms with Gasteiger partial charge in [-0.3, -0.25) is 0 Å². The van der Waals surface area contributed by atoms with Gasteiger partial charge in [0.2, 0.25) is 6.19 Å².